The quantitative estimate of drug-likeness (QED) is 0.446. The number of hydrogen-bond acceptors (Lipinski definition) is 5. The van der Waals surface area contributed by atoms with Crippen molar-refractivity contribution in [3.05, 3.63) is 12.2 Å². The highest BCUT2D eigenvalue weighted by Crippen LogP contribution is 2.12. The van der Waals surface area contributed by atoms with Crippen molar-refractivity contribution in [2.24, 2.45) is 0 Å². The van der Waals surface area contributed by atoms with Crippen LogP contribution in [0.5, 0.6) is 0 Å². The SMILES string of the molecule is CC(C)(CCO)OCCNC(=O)CCN1C(=O)C=CC1=O. The van der Waals surface area contributed by atoms with Crippen molar-refractivity contribution in [3.8, 4) is 0 Å². The van der Waals surface area contributed by atoms with Gasteiger partial charge >= 0.3 is 0 Å². The number of nitrogens with zero attached hydrogens (tertiary/aromatic N) is 1. The molecule has 0 atom stereocenters. The molecule has 7 nitrogen and oxygen atoms in total. The van der Waals surface area contributed by atoms with Crippen LogP contribution in [0.2, 0.25) is 0 Å². The first-order chi connectivity index (χ1) is 9.85. The Kier molecular flexibility index (Phi) is 6.51. The maximum Gasteiger partial charge on any atom is 0.253 e. The van der Waals surface area contributed by atoms with Gasteiger partial charge in [0.25, 0.3) is 11.8 Å². The summed E-state index contributed by atoms with van der Waals surface area (Å²) >= 11 is 0. The van der Waals surface area contributed by atoms with Crippen LogP contribution >= 0.6 is 0 Å². The van der Waals surface area contributed by atoms with Gasteiger partial charge in [0.15, 0.2) is 0 Å². The number of imide groups is 1. The van der Waals surface area contributed by atoms with Gasteiger partial charge in [-0.25, -0.2) is 0 Å². The number of rotatable bonds is 9. The lowest BCUT2D eigenvalue weighted by Crippen LogP contribution is -2.36. The molecule has 2 N–H and O–H groups in total. The Morgan fingerprint density at radius 3 is 2.52 bits per heavy atom. The van der Waals surface area contributed by atoms with Gasteiger partial charge < -0.3 is 15.2 Å². The van der Waals surface area contributed by atoms with E-state index in [0.717, 1.165) is 4.90 Å². The number of ether oxygens (including phenoxy) is 1. The molecular weight excluding hydrogens is 276 g/mol. The molecule has 0 radical (unpaired) electrons. The number of amides is 3. The molecule has 3 amide bonds. The summed E-state index contributed by atoms with van der Waals surface area (Å²) in [4.78, 5) is 35.2. The van der Waals surface area contributed by atoms with E-state index in [4.69, 9.17) is 9.84 Å². The Morgan fingerprint density at radius 2 is 1.95 bits per heavy atom. The van der Waals surface area contributed by atoms with Crippen molar-refractivity contribution < 1.29 is 24.2 Å². The predicted molar refractivity (Wildman–Crippen MR) is 75.2 cm³/mol. The molecule has 1 rings (SSSR count). The van der Waals surface area contributed by atoms with Crippen molar-refractivity contribution in [2.45, 2.75) is 32.3 Å². The minimum absolute atomic E-state index is 0.0469. The Labute approximate surface area is 123 Å². The van der Waals surface area contributed by atoms with E-state index < -0.39 is 5.60 Å². The Balaban J connectivity index is 2.15. The fraction of sp³-hybridized carbons (Fsp3) is 0.643. The van der Waals surface area contributed by atoms with Gasteiger partial charge in [0.2, 0.25) is 5.91 Å². The summed E-state index contributed by atoms with van der Waals surface area (Å²) in [5, 5.41) is 11.5. The number of aliphatic hydroxyl groups is 1. The second-order valence-corrected chi connectivity index (χ2v) is 5.34. The number of hydrogen-bond donors (Lipinski definition) is 2. The van der Waals surface area contributed by atoms with E-state index in [2.05, 4.69) is 5.32 Å². The van der Waals surface area contributed by atoms with Crippen molar-refractivity contribution in [1.82, 2.24) is 10.2 Å². The van der Waals surface area contributed by atoms with Crippen LogP contribution in [0.3, 0.4) is 0 Å². The molecule has 0 saturated carbocycles. The van der Waals surface area contributed by atoms with Gasteiger partial charge in [0.1, 0.15) is 0 Å². The van der Waals surface area contributed by atoms with E-state index in [9.17, 15) is 14.4 Å². The number of carbonyl (C=O) groups excluding carboxylic acids is 3. The Bertz CT molecular complexity index is 413. The highest BCUT2D eigenvalue weighted by molar-refractivity contribution is 6.13. The summed E-state index contributed by atoms with van der Waals surface area (Å²) < 4.78 is 5.53. The second kappa shape index (κ2) is 7.90. The number of nitrogens with one attached hydrogen (secondary N) is 1. The number of aliphatic hydroxyl groups excluding tert-OH is 1. The zero-order valence-electron chi connectivity index (χ0n) is 12.4. The zero-order chi connectivity index (χ0) is 15.9. The smallest absolute Gasteiger partial charge is 0.253 e. The van der Waals surface area contributed by atoms with Crippen molar-refractivity contribution in [1.29, 1.82) is 0 Å². The van der Waals surface area contributed by atoms with E-state index in [-0.39, 0.29) is 37.3 Å². The number of carbonyl (C=O) groups is 3. The van der Waals surface area contributed by atoms with Crippen molar-refractivity contribution in [3.63, 3.8) is 0 Å². The lowest BCUT2D eigenvalue weighted by atomic mass is 10.1. The molecule has 0 unspecified atom stereocenters. The molecule has 0 aromatic heterocycles. The zero-order valence-corrected chi connectivity index (χ0v) is 12.4. The van der Waals surface area contributed by atoms with Gasteiger partial charge in [-0.15, -0.1) is 0 Å². The fourth-order valence-electron chi connectivity index (χ4n) is 1.81. The summed E-state index contributed by atoms with van der Waals surface area (Å²) in [6, 6.07) is 0. The summed E-state index contributed by atoms with van der Waals surface area (Å²) in [5.41, 5.74) is -0.431. The summed E-state index contributed by atoms with van der Waals surface area (Å²) in [6.45, 7) is 4.53. The van der Waals surface area contributed by atoms with Crippen LogP contribution in [0.1, 0.15) is 26.7 Å². The second-order valence-electron chi connectivity index (χ2n) is 5.34. The van der Waals surface area contributed by atoms with Gasteiger partial charge in [0.05, 0.1) is 12.2 Å². The molecule has 0 fully saturated rings. The summed E-state index contributed by atoms with van der Waals surface area (Å²) in [7, 11) is 0. The van der Waals surface area contributed by atoms with Gasteiger partial charge in [-0.2, -0.15) is 0 Å². The third-order valence-corrected chi connectivity index (χ3v) is 3.09. The average Bonchev–Trinajstić information content (AvgIpc) is 2.72. The van der Waals surface area contributed by atoms with E-state index in [1.807, 2.05) is 13.8 Å². The average molecular weight is 298 g/mol. The standard InChI is InChI=1S/C14H22N2O5/c1-14(2,6-9-17)21-10-7-15-11(18)5-8-16-12(19)3-4-13(16)20/h3-4,17H,5-10H2,1-2H3,(H,15,18). The highest BCUT2D eigenvalue weighted by Gasteiger charge is 2.23. The van der Waals surface area contributed by atoms with E-state index in [1.165, 1.54) is 12.2 Å². The van der Waals surface area contributed by atoms with E-state index in [1.54, 1.807) is 0 Å². The minimum Gasteiger partial charge on any atom is -0.396 e. The monoisotopic (exact) mass is 298 g/mol. The van der Waals surface area contributed by atoms with Gasteiger partial charge in [-0.05, 0) is 20.3 Å². The summed E-state index contributed by atoms with van der Waals surface area (Å²) in [6.07, 6.45) is 2.97. The summed E-state index contributed by atoms with van der Waals surface area (Å²) in [5.74, 6) is -1.02. The minimum atomic E-state index is -0.431. The predicted octanol–water partition coefficient (Wildman–Crippen LogP) is -0.405. The molecule has 0 spiro atoms. The largest absolute Gasteiger partial charge is 0.396 e. The van der Waals surface area contributed by atoms with E-state index >= 15 is 0 Å². The first-order valence-electron chi connectivity index (χ1n) is 6.91. The maximum absolute atomic E-state index is 11.6. The molecule has 0 aliphatic carbocycles. The molecule has 1 heterocycles. The third kappa shape index (κ3) is 6.05. The van der Waals surface area contributed by atoms with Gasteiger partial charge in [-0.1, -0.05) is 0 Å². The molecule has 0 aromatic carbocycles. The Morgan fingerprint density at radius 1 is 1.33 bits per heavy atom. The van der Waals surface area contributed by atoms with E-state index in [0.29, 0.717) is 19.6 Å². The first kappa shape index (κ1) is 17.3. The molecule has 0 bridgehead atoms. The lowest BCUT2D eigenvalue weighted by molar-refractivity contribution is -0.137. The molecular formula is C14H22N2O5. The molecule has 0 saturated heterocycles. The highest BCUT2D eigenvalue weighted by atomic mass is 16.5. The molecule has 0 aromatic rings. The normalized spacial score (nSPS) is 14.9. The van der Waals surface area contributed by atoms with Crippen LogP contribution in [-0.2, 0) is 19.1 Å². The van der Waals surface area contributed by atoms with Crippen molar-refractivity contribution >= 4 is 17.7 Å². The third-order valence-electron chi connectivity index (χ3n) is 3.09. The van der Waals surface area contributed by atoms with Crippen LogP contribution < -0.4 is 5.32 Å². The molecule has 21 heavy (non-hydrogen) atoms. The molecule has 118 valence electrons. The molecule has 1 aliphatic rings. The van der Waals surface area contributed by atoms with Gasteiger partial charge in [-0.3, -0.25) is 19.3 Å². The maximum atomic E-state index is 11.6. The fourth-order valence-corrected chi connectivity index (χ4v) is 1.81. The van der Waals surface area contributed by atoms with Gasteiger partial charge in [0, 0.05) is 38.3 Å². The van der Waals surface area contributed by atoms with Crippen molar-refractivity contribution in [2.75, 3.05) is 26.3 Å². The lowest BCUT2D eigenvalue weighted by Gasteiger charge is -2.24. The molecule has 7 heteroatoms. The Hall–Kier alpha value is -1.73. The van der Waals surface area contributed by atoms with Crippen LogP contribution in [0, 0.1) is 0 Å². The first-order valence-corrected chi connectivity index (χ1v) is 6.91. The van der Waals surface area contributed by atoms with Crippen LogP contribution in [0.15, 0.2) is 12.2 Å². The topological polar surface area (TPSA) is 95.9 Å². The van der Waals surface area contributed by atoms with Crippen LogP contribution in [0.25, 0.3) is 0 Å². The van der Waals surface area contributed by atoms with Crippen LogP contribution in [-0.4, -0.2) is 59.6 Å². The van der Waals surface area contributed by atoms with Crippen LogP contribution in [0.4, 0.5) is 0 Å². The molecule has 1 aliphatic heterocycles.